The number of hydrogen-bond acceptors (Lipinski definition) is 9. The molecule has 0 radical (unpaired) electrons. The Labute approximate surface area is 224 Å². The van der Waals surface area contributed by atoms with Crippen LogP contribution in [-0.4, -0.2) is 59.1 Å². The fourth-order valence-corrected chi connectivity index (χ4v) is 6.47. The minimum Gasteiger partial charge on any atom is -0.349 e. The van der Waals surface area contributed by atoms with Crippen molar-refractivity contribution >= 4 is 38.1 Å². The molecule has 1 aromatic carbocycles. The average molecular weight is 552 g/mol. The fourth-order valence-electron chi connectivity index (χ4n) is 5.19. The highest BCUT2D eigenvalue weighted by molar-refractivity contribution is 7.91. The summed E-state index contributed by atoms with van der Waals surface area (Å²) in [5.41, 5.74) is 1.98. The van der Waals surface area contributed by atoms with Crippen molar-refractivity contribution < 1.29 is 17.2 Å². The number of benzene rings is 1. The Balaban J connectivity index is 1.47. The van der Waals surface area contributed by atoms with Gasteiger partial charge in [0.1, 0.15) is 34.3 Å². The molecule has 1 aliphatic carbocycles. The molecule has 0 amide bonds. The van der Waals surface area contributed by atoms with Gasteiger partial charge < -0.3 is 10.2 Å². The molecule has 1 saturated carbocycles. The number of nitrogens with zero attached hydrogens (tertiary/aromatic N) is 5. The van der Waals surface area contributed by atoms with Crippen molar-refractivity contribution in [1.29, 1.82) is 0 Å². The normalized spacial score (nSPS) is 19.8. The number of fused-ring (bicyclic) bond motifs is 1. The highest BCUT2D eigenvalue weighted by atomic mass is 32.2. The SMILES string of the molecule is CC1C(S(C)(=O)=O)NCCN1c1nc(-c2ccnc(Nc3c(F)cccc3F)c2)nc2cncc(C3CC3)c12. The van der Waals surface area contributed by atoms with Gasteiger partial charge in [0.15, 0.2) is 15.7 Å². The van der Waals surface area contributed by atoms with Crippen molar-refractivity contribution in [2.24, 2.45) is 0 Å². The molecule has 2 aliphatic rings. The molecule has 9 nitrogen and oxygen atoms in total. The number of halogens is 2. The smallest absolute Gasteiger partial charge is 0.165 e. The summed E-state index contributed by atoms with van der Waals surface area (Å²) >= 11 is 0. The van der Waals surface area contributed by atoms with Crippen molar-refractivity contribution in [1.82, 2.24) is 25.3 Å². The van der Waals surface area contributed by atoms with Gasteiger partial charge in [-0.05, 0) is 55.5 Å². The van der Waals surface area contributed by atoms with Gasteiger partial charge >= 0.3 is 0 Å². The molecule has 4 heterocycles. The molecule has 1 aliphatic heterocycles. The van der Waals surface area contributed by atoms with E-state index in [9.17, 15) is 17.2 Å². The van der Waals surface area contributed by atoms with Gasteiger partial charge in [0.2, 0.25) is 0 Å². The molecule has 2 unspecified atom stereocenters. The monoisotopic (exact) mass is 551 g/mol. The van der Waals surface area contributed by atoms with Crippen LogP contribution in [0.2, 0.25) is 0 Å². The van der Waals surface area contributed by atoms with Gasteiger partial charge in [-0.15, -0.1) is 0 Å². The third kappa shape index (κ3) is 4.89. The Morgan fingerprint density at radius 2 is 1.87 bits per heavy atom. The lowest BCUT2D eigenvalue weighted by atomic mass is 10.1. The zero-order chi connectivity index (χ0) is 27.3. The Kier molecular flexibility index (Phi) is 6.38. The third-order valence-electron chi connectivity index (χ3n) is 7.23. The first-order valence-electron chi connectivity index (χ1n) is 12.7. The van der Waals surface area contributed by atoms with Crippen molar-refractivity contribution in [3.63, 3.8) is 0 Å². The van der Waals surface area contributed by atoms with Crippen molar-refractivity contribution in [3.05, 3.63) is 66.1 Å². The maximum atomic E-state index is 14.2. The van der Waals surface area contributed by atoms with Crippen LogP contribution < -0.4 is 15.5 Å². The molecule has 4 aromatic rings. The minimum atomic E-state index is -3.37. The molecule has 0 spiro atoms. The maximum Gasteiger partial charge on any atom is 0.165 e. The highest BCUT2D eigenvalue weighted by Gasteiger charge is 2.37. The van der Waals surface area contributed by atoms with Crippen LogP contribution in [0.4, 0.5) is 26.1 Å². The van der Waals surface area contributed by atoms with E-state index >= 15 is 0 Å². The van der Waals surface area contributed by atoms with E-state index in [1.807, 2.05) is 18.0 Å². The number of anilines is 3. The van der Waals surface area contributed by atoms with E-state index in [2.05, 4.69) is 20.6 Å². The summed E-state index contributed by atoms with van der Waals surface area (Å²) in [6.45, 7) is 2.91. The maximum absolute atomic E-state index is 14.2. The van der Waals surface area contributed by atoms with Crippen LogP contribution in [0, 0.1) is 11.6 Å². The van der Waals surface area contributed by atoms with E-state index in [1.165, 1.54) is 18.5 Å². The summed E-state index contributed by atoms with van der Waals surface area (Å²) in [5, 5.41) is 5.96. The van der Waals surface area contributed by atoms with Crippen LogP contribution in [0.15, 0.2) is 48.9 Å². The third-order valence-corrected chi connectivity index (χ3v) is 8.71. The largest absolute Gasteiger partial charge is 0.349 e. The first-order valence-corrected chi connectivity index (χ1v) is 14.7. The molecule has 202 valence electrons. The molecule has 2 atom stereocenters. The molecule has 6 rings (SSSR count). The molecule has 2 fully saturated rings. The Bertz CT molecular complexity index is 1660. The summed E-state index contributed by atoms with van der Waals surface area (Å²) < 4.78 is 53.6. The Morgan fingerprint density at radius 1 is 1.10 bits per heavy atom. The number of nitrogens with one attached hydrogen (secondary N) is 2. The zero-order valence-corrected chi connectivity index (χ0v) is 22.2. The van der Waals surface area contributed by atoms with E-state index in [1.54, 1.807) is 18.3 Å². The lowest BCUT2D eigenvalue weighted by molar-refractivity contribution is 0.444. The topological polar surface area (TPSA) is 113 Å². The number of pyridine rings is 2. The summed E-state index contributed by atoms with van der Waals surface area (Å²) in [6.07, 6.45) is 8.39. The zero-order valence-electron chi connectivity index (χ0n) is 21.4. The summed E-state index contributed by atoms with van der Waals surface area (Å²) in [7, 11) is -3.37. The van der Waals surface area contributed by atoms with Crippen LogP contribution in [0.1, 0.15) is 31.2 Å². The highest BCUT2D eigenvalue weighted by Crippen LogP contribution is 2.45. The molecule has 2 N–H and O–H groups in total. The van der Waals surface area contributed by atoms with Crippen LogP contribution in [-0.2, 0) is 9.84 Å². The number of piperazine rings is 1. The lowest BCUT2D eigenvalue weighted by Crippen LogP contribution is -2.59. The van der Waals surface area contributed by atoms with Crippen molar-refractivity contribution in [2.75, 3.05) is 29.6 Å². The molecular formula is C27H27F2N7O2S. The summed E-state index contributed by atoms with van der Waals surface area (Å²) in [5.74, 6) is 0.128. The molecule has 3 aromatic heterocycles. The van der Waals surface area contributed by atoms with Gasteiger partial charge in [-0.2, -0.15) is 0 Å². The Hall–Kier alpha value is -3.77. The van der Waals surface area contributed by atoms with Gasteiger partial charge in [0.25, 0.3) is 0 Å². The molecule has 0 bridgehead atoms. The number of hydrogen-bond donors (Lipinski definition) is 2. The quantitative estimate of drug-likeness (QED) is 0.365. The molecular weight excluding hydrogens is 524 g/mol. The molecule has 39 heavy (non-hydrogen) atoms. The lowest BCUT2D eigenvalue weighted by Gasteiger charge is -2.40. The van der Waals surface area contributed by atoms with Gasteiger partial charge in [-0.1, -0.05) is 6.07 Å². The first-order chi connectivity index (χ1) is 18.7. The second-order valence-electron chi connectivity index (χ2n) is 10.1. The Morgan fingerprint density at radius 3 is 2.59 bits per heavy atom. The first kappa shape index (κ1) is 25.5. The van der Waals surface area contributed by atoms with Crippen LogP contribution in [0.3, 0.4) is 0 Å². The van der Waals surface area contributed by atoms with Crippen molar-refractivity contribution in [2.45, 2.75) is 37.1 Å². The second kappa shape index (κ2) is 9.76. The van der Waals surface area contributed by atoms with E-state index in [0.717, 1.165) is 35.9 Å². The molecule has 1 saturated heterocycles. The fraction of sp³-hybridized carbons (Fsp3) is 0.333. The van der Waals surface area contributed by atoms with Gasteiger partial charge in [-0.25, -0.2) is 32.2 Å². The van der Waals surface area contributed by atoms with E-state index in [4.69, 9.17) is 9.97 Å². The average Bonchev–Trinajstić information content (AvgIpc) is 3.75. The van der Waals surface area contributed by atoms with E-state index in [-0.39, 0.29) is 11.5 Å². The van der Waals surface area contributed by atoms with Gasteiger partial charge in [-0.3, -0.25) is 10.3 Å². The molecule has 12 heteroatoms. The minimum absolute atomic E-state index is 0.222. The van der Waals surface area contributed by atoms with Crippen LogP contribution in [0.25, 0.3) is 22.3 Å². The summed E-state index contributed by atoms with van der Waals surface area (Å²) in [4.78, 5) is 20.5. The van der Waals surface area contributed by atoms with E-state index in [0.29, 0.717) is 41.7 Å². The second-order valence-corrected chi connectivity index (χ2v) is 12.2. The van der Waals surface area contributed by atoms with Crippen molar-refractivity contribution in [3.8, 4) is 11.4 Å². The number of para-hydroxylation sites is 1. The summed E-state index contributed by atoms with van der Waals surface area (Å²) in [6, 6.07) is 6.56. The standard InChI is InChI=1S/C27H27F2N7O2S/c1-15-27(39(2,37)38)32-10-11-36(15)26-23-18(16-6-7-16)13-30-14-21(23)33-25(35-26)17-8-9-31-22(12-17)34-24-19(28)4-3-5-20(24)29/h3-5,8-9,12-16,27,32H,6-7,10-11H2,1-2H3,(H,31,34). The van der Waals surface area contributed by atoms with Gasteiger partial charge in [0.05, 0.1) is 17.8 Å². The van der Waals surface area contributed by atoms with Gasteiger partial charge in [0, 0.05) is 42.7 Å². The number of rotatable bonds is 6. The van der Waals surface area contributed by atoms with E-state index < -0.39 is 32.9 Å². The number of aromatic nitrogens is 4. The predicted molar refractivity (Wildman–Crippen MR) is 146 cm³/mol. The number of sulfone groups is 1. The predicted octanol–water partition coefficient (Wildman–Crippen LogP) is 4.15. The van der Waals surface area contributed by atoms with Crippen LogP contribution in [0.5, 0.6) is 0 Å². The van der Waals surface area contributed by atoms with Crippen LogP contribution >= 0.6 is 0 Å².